The lowest BCUT2D eigenvalue weighted by Gasteiger charge is -2.13. The Morgan fingerprint density at radius 3 is 2.65 bits per heavy atom. The topological polar surface area (TPSA) is 76.3 Å². The van der Waals surface area contributed by atoms with Crippen molar-refractivity contribution >= 4 is 11.6 Å². The van der Waals surface area contributed by atoms with Gasteiger partial charge in [0.25, 0.3) is 0 Å². The van der Waals surface area contributed by atoms with E-state index in [-0.39, 0.29) is 0 Å². The molecule has 0 unspecified atom stereocenters. The van der Waals surface area contributed by atoms with E-state index in [1.54, 1.807) is 0 Å². The van der Waals surface area contributed by atoms with Gasteiger partial charge in [-0.25, -0.2) is 9.97 Å². The lowest BCUT2D eigenvalue weighted by Crippen LogP contribution is -2.20. The van der Waals surface area contributed by atoms with Crippen LogP contribution in [0.5, 0.6) is 0 Å². The van der Waals surface area contributed by atoms with Gasteiger partial charge in [-0.3, -0.25) is 0 Å². The van der Waals surface area contributed by atoms with Crippen LogP contribution in [0.4, 0.5) is 11.6 Å². The van der Waals surface area contributed by atoms with Crippen LogP contribution in [0, 0.1) is 6.92 Å². The molecule has 0 bridgehead atoms. The van der Waals surface area contributed by atoms with Gasteiger partial charge >= 0.3 is 0 Å². The van der Waals surface area contributed by atoms with Crippen LogP contribution < -0.4 is 11.1 Å². The van der Waals surface area contributed by atoms with Crippen LogP contribution in [0.1, 0.15) is 24.7 Å². The van der Waals surface area contributed by atoms with Crippen LogP contribution in [0.2, 0.25) is 0 Å². The van der Waals surface area contributed by atoms with Crippen molar-refractivity contribution in [1.82, 2.24) is 14.9 Å². The van der Waals surface area contributed by atoms with Crippen molar-refractivity contribution < 1.29 is 4.74 Å². The van der Waals surface area contributed by atoms with E-state index in [4.69, 9.17) is 10.5 Å². The summed E-state index contributed by atoms with van der Waals surface area (Å²) >= 11 is 0. The molecule has 1 rings (SSSR count). The predicted molar refractivity (Wildman–Crippen MR) is 83.0 cm³/mol. The molecule has 1 aromatic heterocycles. The maximum atomic E-state index is 5.91. The molecule has 6 nitrogen and oxygen atoms in total. The number of nitrogens with two attached hydrogens (primary N) is 1. The average Bonchev–Trinajstić information content (AvgIpc) is 2.39. The summed E-state index contributed by atoms with van der Waals surface area (Å²) in [4.78, 5) is 10.9. The van der Waals surface area contributed by atoms with Crippen LogP contribution in [0.15, 0.2) is 0 Å². The molecular formula is C14H27N5O. The second-order valence-electron chi connectivity index (χ2n) is 5.09. The van der Waals surface area contributed by atoms with Crippen LogP contribution in [-0.4, -0.2) is 55.3 Å². The maximum absolute atomic E-state index is 5.91. The van der Waals surface area contributed by atoms with E-state index < -0.39 is 0 Å². The molecule has 1 heterocycles. The summed E-state index contributed by atoms with van der Waals surface area (Å²) in [7, 11) is 4.06. The molecule has 0 aliphatic carbocycles. The van der Waals surface area contributed by atoms with Gasteiger partial charge in [0.05, 0.1) is 13.2 Å². The number of hydrogen-bond acceptors (Lipinski definition) is 6. The summed E-state index contributed by atoms with van der Waals surface area (Å²) in [5.74, 6) is 2.17. The lowest BCUT2D eigenvalue weighted by molar-refractivity contribution is 0.126. The smallest absolute Gasteiger partial charge is 0.134 e. The van der Waals surface area contributed by atoms with Gasteiger partial charge in [0.1, 0.15) is 17.5 Å². The number of aryl methyl sites for hydroxylation is 1. The first-order valence-electron chi connectivity index (χ1n) is 7.14. The standard InChI is InChI=1S/C14H27N5O/c1-5-6-12-17-13(15)11(2)14(18-12)16-7-9-20-10-8-19(3)4/h5-10H2,1-4H3,(H3,15,16,17,18). The fourth-order valence-electron chi connectivity index (χ4n) is 1.68. The van der Waals surface area contributed by atoms with Crippen LogP contribution >= 0.6 is 0 Å². The predicted octanol–water partition coefficient (Wildman–Crippen LogP) is 1.31. The molecule has 0 saturated heterocycles. The molecule has 0 saturated carbocycles. The number of anilines is 2. The van der Waals surface area contributed by atoms with Gasteiger partial charge in [-0.05, 0) is 27.4 Å². The number of nitrogen functional groups attached to an aromatic ring is 1. The van der Waals surface area contributed by atoms with Gasteiger partial charge in [0.15, 0.2) is 0 Å². The van der Waals surface area contributed by atoms with E-state index >= 15 is 0 Å². The quantitative estimate of drug-likeness (QED) is 0.665. The minimum absolute atomic E-state index is 0.555. The number of aromatic nitrogens is 2. The molecule has 0 atom stereocenters. The van der Waals surface area contributed by atoms with Crippen molar-refractivity contribution in [3.8, 4) is 0 Å². The van der Waals surface area contributed by atoms with Gasteiger partial charge < -0.3 is 20.7 Å². The Morgan fingerprint density at radius 2 is 2.00 bits per heavy atom. The normalized spacial score (nSPS) is 11.1. The number of hydrogen-bond donors (Lipinski definition) is 2. The summed E-state index contributed by atoms with van der Waals surface area (Å²) in [6, 6.07) is 0. The monoisotopic (exact) mass is 281 g/mol. The third-order valence-corrected chi connectivity index (χ3v) is 2.93. The van der Waals surface area contributed by atoms with Gasteiger partial charge in [-0.1, -0.05) is 6.92 Å². The molecule has 3 N–H and O–H groups in total. The summed E-state index contributed by atoms with van der Waals surface area (Å²) in [6.07, 6.45) is 1.86. The second kappa shape index (κ2) is 8.71. The zero-order valence-corrected chi connectivity index (χ0v) is 13.1. The molecular weight excluding hydrogens is 254 g/mol. The van der Waals surface area contributed by atoms with Crippen LogP contribution in [0.25, 0.3) is 0 Å². The van der Waals surface area contributed by atoms with E-state index in [1.165, 1.54) is 0 Å². The van der Waals surface area contributed by atoms with E-state index in [9.17, 15) is 0 Å². The van der Waals surface area contributed by atoms with Crippen molar-refractivity contribution in [1.29, 1.82) is 0 Å². The van der Waals surface area contributed by atoms with E-state index in [2.05, 4.69) is 27.1 Å². The summed E-state index contributed by atoms with van der Waals surface area (Å²) in [5, 5.41) is 3.27. The SMILES string of the molecule is CCCc1nc(N)c(C)c(NCCOCCN(C)C)n1. The number of nitrogens with zero attached hydrogens (tertiary/aromatic N) is 3. The summed E-state index contributed by atoms with van der Waals surface area (Å²) in [5.41, 5.74) is 6.81. The second-order valence-corrected chi connectivity index (χ2v) is 5.09. The first-order valence-corrected chi connectivity index (χ1v) is 7.14. The third-order valence-electron chi connectivity index (χ3n) is 2.93. The lowest BCUT2D eigenvalue weighted by atomic mass is 10.2. The highest BCUT2D eigenvalue weighted by Gasteiger charge is 2.07. The van der Waals surface area contributed by atoms with E-state index in [0.29, 0.717) is 12.4 Å². The third kappa shape index (κ3) is 5.71. The maximum Gasteiger partial charge on any atom is 0.134 e. The number of rotatable bonds is 9. The molecule has 0 fully saturated rings. The zero-order chi connectivity index (χ0) is 15.0. The van der Waals surface area contributed by atoms with Crippen LogP contribution in [-0.2, 0) is 11.2 Å². The molecule has 20 heavy (non-hydrogen) atoms. The first-order chi connectivity index (χ1) is 9.54. The Labute approximate surface area is 121 Å². The molecule has 0 amide bonds. The van der Waals surface area contributed by atoms with Crippen molar-refractivity contribution in [2.45, 2.75) is 26.7 Å². The van der Waals surface area contributed by atoms with Crippen molar-refractivity contribution in [2.75, 3.05) is 51.4 Å². The van der Waals surface area contributed by atoms with E-state index in [0.717, 1.165) is 49.7 Å². The van der Waals surface area contributed by atoms with Gasteiger partial charge in [0, 0.05) is 25.1 Å². The highest BCUT2D eigenvalue weighted by atomic mass is 16.5. The fraction of sp³-hybridized carbons (Fsp3) is 0.714. The summed E-state index contributed by atoms with van der Waals surface area (Å²) < 4.78 is 5.54. The van der Waals surface area contributed by atoms with Gasteiger partial charge in [-0.15, -0.1) is 0 Å². The number of ether oxygens (including phenoxy) is 1. The van der Waals surface area contributed by atoms with Crippen molar-refractivity contribution in [3.63, 3.8) is 0 Å². The molecule has 114 valence electrons. The molecule has 1 aromatic rings. The molecule has 0 aliphatic heterocycles. The molecule has 0 radical (unpaired) electrons. The number of nitrogens with one attached hydrogen (secondary N) is 1. The van der Waals surface area contributed by atoms with E-state index in [1.807, 2.05) is 21.0 Å². The Morgan fingerprint density at radius 1 is 1.25 bits per heavy atom. The first kappa shape index (κ1) is 16.7. The minimum atomic E-state index is 0.555. The fourth-order valence-corrected chi connectivity index (χ4v) is 1.68. The van der Waals surface area contributed by atoms with Gasteiger partial charge in [-0.2, -0.15) is 0 Å². The van der Waals surface area contributed by atoms with Crippen molar-refractivity contribution in [2.24, 2.45) is 0 Å². The summed E-state index contributed by atoms with van der Waals surface area (Å²) in [6.45, 7) is 7.07. The van der Waals surface area contributed by atoms with Crippen LogP contribution in [0.3, 0.4) is 0 Å². The molecule has 0 aromatic carbocycles. The average molecular weight is 281 g/mol. The Hall–Kier alpha value is -1.40. The Bertz CT molecular complexity index is 409. The zero-order valence-electron chi connectivity index (χ0n) is 13.1. The van der Waals surface area contributed by atoms with Crippen molar-refractivity contribution in [3.05, 3.63) is 11.4 Å². The highest BCUT2D eigenvalue weighted by Crippen LogP contribution is 2.17. The Kier molecular flexibility index (Phi) is 7.25. The number of likely N-dealkylation sites (N-methyl/N-ethyl adjacent to an activating group) is 1. The molecule has 0 aliphatic rings. The molecule has 6 heteroatoms. The van der Waals surface area contributed by atoms with Gasteiger partial charge in [0.2, 0.25) is 0 Å². The Balaban J connectivity index is 2.42. The molecule has 0 spiro atoms. The largest absolute Gasteiger partial charge is 0.383 e. The minimum Gasteiger partial charge on any atom is -0.383 e. The highest BCUT2D eigenvalue weighted by molar-refractivity contribution is 5.54.